The van der Waals surface area contributed by atoms with Gasteiger partial charge in [-0.1, -0.05) is 0 Å². The van der Waals surface area contributed by atoms with Crippen LogP contribution in [0.2, 0.25) is 0 Å². The van der Waals surface area contributed by atoms with Crippen molar-refractivity contribution in [3.63, 3.8) is 0 Å². The fourth-order valence-electron chi connectivity index (χ4n) is 2.46. The molecule has 0 bridgehead atoms. The molecular weight excluding hydrogens is 288 g/mol. The van der Waals surface area contributed by atoms with Gasteiger partial charge < -0.3 is 19.9 Å². The molecule has 1 aliphatic rings. The Labute approximate surface area is 128 Å². The summed E-state index contributed by atoms with van der Waals surface area (Å²) in [7, 11) is 1.58. The van der Waals surface area contributed by atoms with E-state index in [-0.39, 0.29) is 17.9 Å². The van der Waals surface area contributed by atoms with Gasteiger partial charge in [-0.15, -0.1) is 0 Å². The van der Waals surface area contributed by atoms with E-state index in [1.54, 1.807) is 19.2 Å². The highest BCUT2D eigenvalue weighted by Crippen LogP contribution is 2.26. The number of hydrogen-bond acceptors (Lipinski definition) is 5. The molecule has 7 nitrogen and oxygen atoms in total. The van der Waals surface area contributed by atoms with Gasteiger partial charge in [0.05, 0.1) is 12.5 Å². The van der Waals surface area contributed by atoms with Gasteiger partial charge in [0.2, 0.25) is 5.88 Å². The first-order valence-electron chi connectivity index (χ1n) is 7.21. The van der Waals surface area contributed by atoms with Crippen LogP contribution in [0.15, 0.2) is 18.3 Å². The minimum Gasteiger partial charge on any atom is -0.481 e. The molecule has 1 aliphatic carbocycles. The van der Waals surface area contributed by atoms with Crippen molar-refractivity contribution in [1.82, 2.24) is 10.3 Å². The second-order valence-corrected chi connectivity index (χ2v) is 5.24. The molecule has 7 heteroatoms. The fourth-order valence-corrected chi connectivity index (χ4v) is 2.46. The number of carboxylic acid groups (broad SMARTS) is 1. The quantitative estimate of drug-likeness (QED) is 0.732. The van der Waals surface area contributed by atoms with Crippen LogP contribution in [0.5, 0.6) is 5.88 Å². The summed E-state index contributed by atoms with van der Waals surface area (Å²) in [6.07, 6.45) is 3.27. The number of rotatable bonds is 7. The Morgan fingerprint density at radius 2 is 2.23 bits per heavy atom. The molecule has 0 radical (unpaired) electrons. The molecule has 2 rings (SSSR count). The van der Waals surface area contributed by atoms with Gasteiger partial charge in [0.1, 0.15) is 6.61 Å². The lowest BCUT2D eigenvalue weighted by atomic mass is 10.1. The summed E-state index contributed by atoms with van der Waals surface area (Å²) in [6.45, 7) is 0.800. The van der Waals surface area contributed by atoms with Crippen molar-refractivity contribution in [1.29, 1.82) is 0 Å². The molecule has 0 unspecified atom stereocenters. The van der Waals surface area contributed by atoms with E-state index in [9.17, 15) is 9.59 Å². The Morgan fingerprint density at radius 3 is 2.91 bits per heavy atom. The van der Waals surface area contributed by atoms with Crippen LogP contribution in [0.25, 0.3) is 0 Å². The molecule has 2 N–H and O–H groups in total. The van der Waals surface area contributed by atoms with Crippen LogP contribution in [0, 0.1) is 5.92 Å². The highest BCUT2D eigenvalue weighted by Gasteiger charge is 2.30. The molecule has 1 aromatic heterocycles. The average molecular weight is 308 g/mol. The van der Waals surface area contributed by atoms with Crippen LogP contribution in [-0.4, -0.2) is 48.3 Å². The number of ether oxygens (including phenoxy) is 2. The van der Waals surface area contributed by atoms with Crippen molar-refractivity contribution in [2.75, 3.05) is 20.3 Å². The van der Waals surface area contributed by atoms with E-state index in [0.29, 0.717) is 43.9 Å². The van der Waals surface area contributed by atoms with Gasteiger partial charge in [0, 0.05) is 31.0 Å². The van der Waals surface area contributed by atoms with Crippen molar-refractivity contribution in [3.8, 4) is 5.88 Å². The molecule has 0 saturated heterocycles. The Bertz CT molecular complexity index is 534. The number of carboxylic acids is 1. The number of aromatic nitrogens is 1. The Morgan fingerprint density at radius 1 is 1.41 bits per heavy atom. The second-order valence-electron chi connectivity index (χ2n) is 5.24. The summed E-state index contributed by atoms with van der Waals surface area (Å²) in [5, 5.41) is 11.8. The minimum atomic E-state index is -0.797. The molecule has 0 aromatic carbocycles. The molecule has 2 atom stereocenters. The molecule has 1 aromatic rings. The summed E-state index contributed by atoms with van der Waals surface area (Å²) in [5.41, 5.74) is 0.446. The highest BCUT2D eigenvalue weighted by atomic mass is 16.5. The Kier molecular flexibility index (Phi) is 5.71. The van der Waals surface area contributed by atoms with E-state index >= 15 is 0 Å². The molecule has 22 heavy (non-hydrogen) atoms. The van der Waals surface area contributed by atoms with Crippen molar-refractivity contribution in [2.45, 2.75) is 25.3 Å². The molecule has 120 valence electrons. The Balaban J connectivity index is 1.90. The summed E-state index contributed by atoms with van der Waals surface area (Å²) < 4.78 is 10.2. The van der Waals surface area contributed by atoms with E-state index in [0.717, 1.165) is 0 Å². The van der Waals surface area contributed by atoms with Gasteiger partial charge in [-0.2, -0.15) is 0 Å². The monoisotopic (exact) mass is 308 g/mol. The summed E-state index contributed by atoms with van der Waals surface area (Å²) >= 11 is 0. The molecule has 0 aliphatic heterocycles. The maximum absolute atomic E-state index is 12.2. The van der Waals surface area contributed by atoms with Gasteiger partial charge in [-0.3, -0.25) is 9.59 Å². The van der Waals surface area contributed by atoms with Crippen molar-refractivity contribution < 1.29 is 24.2 Å². The number of carbonyl (C=O) groups excluding carboxylic acids is 1. The lowest BCUT2D eigenvalue weighted by molar-refractivity contribution is -0.141. The number of aliphatic carboxylic acids is 1. The molecule has 1 saturated carbocycles. The van der Waals surface area contributed by atoms with Gasteiger partial charge in [0.15, 0.2) is 0 Å². The van der Waals surface area contributed by atoms with Crippen LogP contribution in [0.1, 0.15) is 29.6 Å². The predicted molar refractivity (Wildman–Crippen MR) is 77.8 cm³/mol. The number of methoxy groups -OCH3 is 1. The Hall–Kier alpha value is -2.15. The van der Waals surface area contributed by atoms with E-state index in [2.05, 4.69) is 10.3 Å². The van der Waals surface area contributed by atoms with Gasteiger partial charge >= 0.3 is 5.97 Å². The zero-order chi connectivity index (χ0) is 15.9. The number of nitrogens with one attached hydrogen (secondary N) is 1. The highest BCUT2D eigenvalue weighted by molar-refractivity contribution is 5.94. The summed E-state index contributed by atoms with van der Waals surface area (Å²) in [5.74, 6) is -1.04. The lowest BCUT2D eigenvalue weighted by Gasteiger charge is -2.13. The minimum absolute atomic E-state index is 0.0976. The normalized spacial score (nSPS) is 20.6. The largest absolute Gasteiger partial charge is 0.481 e. The van der Waals surface area contributed by atoms with E-state index in [4.69, 9.17) is 14.6 Å². The second kappa shape index (κ2) is 7.74. The van der Waals surface area contributed by atoms with Crippen LogP contribution < -0.4 is 10.1 Å². The van der Waals surface area contributed by atoms with Crippen molar-refractivity contribution in [3.05, 3.63) is 23.9 Å². The van der Waals surface area contributed by atoms with Crippen molar-refractivity contribution >= 4 is 11.9 Å². The maximum Gasteiger partial charge on any atom is 0.306 e. The maximum atomic E-state index is 12.2. The number of hydrogen-bond donors (Lipinski definition) is 2. The molecule has 0 spiro atoms. The SMILES string of the molecule is COCCOc1cc(C(=O)N[C@@H]2CC[C@H](C(=O)O)C2)ccn1. The van der Waals surface area contributed by atoms with Gasteiger partial charge in [-0.05, 0) is 25.3 Å². The van der Waals surface area contributed by atoms with Gasteiger partial charge in [-0.25, -0.2) is 4.98 Å². The number of carbonyl (C=O) groups is 2. The average Bonchev–Trinajstić information content (AvgIpc) is 2.96. The van der Waals surface area contributed by atoms with Crippen LogP contribution >= 0.6 is 0 Å². The smallest absolute Gasteiger partial charge is 0.306 e. The third-order valence-electron chi connectivity index (χ3n) is 3.65. The summed E-state index contributed by atoms with van der Waals surface area (Å²) in [6, 6.07) is 3.07. The third-order valence-corrected chi connectivity index (χ3v) is 3.65. The lowest BCUT2D eigenvalue weighted by Crippen LogP contribution is -2.33. The molecule has 1 heterocycles. The van der Waals surface area contributed by atoms with Crippen LogP contribution in [0.3, 0.4) is 0 Å². The van der Waals surface area contributed by atoms with Crippen LogP contribution in [-0.2, 0) is 9.53 Å². The number of nitrogens with zero attached hydrogens (tertiary/aromatic N) is 1. The molecular formula is C15H20N2O5. The molecule has 1 amide bonds. The summed E-state index contributed by atoms with van der Waals surface area (Å²) in [4.78, 5) is 27.1. The van der Waals surface area contributed by atoms with E-state index < -0.39 is 5.97 Å². The first kappa shape index (κ1) is 16.2. The first-order chi connectivity index (χ1) is 10.6. The predicted octanol–water partition coefficient (Wildman–Crippen LogP) is 1.09. The van der Waals surface area contributed by atoms with Gasteiger partial charge in [0.25, 0.3) is 5.91 Å². The first-order valence-corrected chi connectivity index (χ1v) is 7.21. The van der Waals surface area contributed by atoms with Crippen LogP contribution in [0.4, 0.5) is 0 Å². The van der Waals surface area contributed by atoms with E-state index in [1.165, 1.54) is 6.20 Å². The zero-order valence-electron chi connectivity index (χ0n) is 12.4. The standard InChI is InChI=1S/C15H20N2O5/c1-21-6-7-22-13-9-10(4-5-16-13)14(18)17-12-3-2-11(8-12)15(19)20/h4-5,9,11-12H,2-3,6-8H2,1H3,(H,17,18)(H,19,20)/t11-,12+/m0/s1. The van der Waals surface area contributed by atoms with E-state index in [1.807, 2.05) is 0 Å². The number of pyridine rings is 1. The molecule has 1 fully saturated rings. The topological polar surface area (TPSA) is 97.8 Å². The third kappa shape index (κ3) is 4.42. The fraction of sp³-hybridized carbons (Fsp3) is 0.533. The number of amides is 1. The zero-order valence-corrected chi connectivity index (χ0v) is 12.4. The van der Waals surface area contributed by atoms with Crippen molar-refractivity contribution in [2.24, 2.45) is 5.92 Å².